The van der Waals surface area contributed by atoms with E-state index in [0.717, 1.165) is 6.07 Å². The summed E-state index contributed by atoms with van der Waals surface area (Å²) in [6.07, 6.45) is 1.94. The van der Waals surface area contributed by atoms with Gasteiger partial charge in [0.15, 0.2) is 11.6 Å². The molecule has 1 saturated heterocycles. The SMILES string of the molecule is Cc1nc(S(=O)(=O)N2CCC(C(=O)OCC(=O)Nc3ccc([N+](=O)[O-])cc3Cl)CC2)cn1C. The van der Waals surface area contributed by atoms with Crippen LogP contribution in [0, 0.1) is 23.0 Å². The van der Waals surface area contributed by atoms with Gasteiger partial charge in [-0.15, -0.1) is 0 Å². The molecule has 3 rings (SSSR count). The molecule has 1 amide bonds. The summed E-state index contributed by atoms with van der Waals surface area (Å²) in [5.41, 5.74) is -0.0810. The number of imidazole rings is 1. The van der Waals surface area contributed by atoms with Gasteiger partial charge in [0.05, 0.1) is 21.6 Å². The molecule has 0 spiro atoms. The number of anilines is 1. The molecule has 178 valence electrons. The molecule has 1 fully saturated rings. The Kier molecular flexibility index (Phi) is 7.34. The molecule has 0 bridgehead atoms. The number of ether oxygens (including phenoxy) is 1. The van der Waals surface area contributed by atoms with Gasteiger partial charge in [0.2, 0.25) is 0 Å². The third kappa shape index (κ3) is 5.67. The largest absolute Gasteiger partial charge is 0.455 e. The molecule has 1 N–H and O–H groups in total. The fourth-order valence-corrected chi connectivity index (χ4v) is 4.99. The quantitative estimate of drug-likeness (QED) is 0.344. The van der Waals surface area contributed by atoms with Crippen molar-refractivity contribution in [3.8, 4) is 0 Å². The summed E-state index contributed by atoms with van der Waals surface area (Å²) >= 11 is 5.92. The molecular formula is C19H22ClN5O7S. The molecule has 0 radical (unpaired) electrons. The number of non-ortho nitro benzene ring substituents is 1. The number of aryl methyl sites for hydroxylation is 2. The molecule has 33 heavy (non-hydrogen) atoms. The van der Waals surface area contributed by atoms with Crippen molar-refractivity contribution in [3.63, 3.8) is 0 Å². The first-order valence-corrected chi connectivity index (χ1v) is 11.7. The maximum atomic E-state index is 12.7. The van der Waals surface area contributed by atoms with Crippen molar-refractivity contribution in [2.45, 2.75) is 24.8 Å². The molecule has 1 aliphatic heterocycles. The first kappa shape index (κ1) is 24.6. The van der Waals surface area contributed by atoms with Crippen LogP contribution in [0.4, 0.5) is 11.4 Å². The van der Waals surface area contributed by atoms with Crippen LogP contribution < -0.4 is 5.32 Å². The smallest absolute Gasteiger partial charge is 0.309 e. The van der Waals surface area contributed by atoms with Crippen molar-refractivity contribution in [3.05, 3.63) is 45.4 Å². The van der Waals surface area contributed by atoms with Crippen LogP contribution >= 0.6 is 11.6 Å². The lowest BCUT2D eigenvalue weighted by atomic mass is 9.98. The highest BCUT2D eigenvalue weighted by atomic mass is 35.5. The number of hydrogen-bond donors (Lipinski definition) is 1. The number of rotatable bonds is 7. The Hall–Kier alpha value is -3.03. The van der Waals surface area contributed by atoms with Crippen molar-refractivity contribution in [2.24, 2.45) is 13.0 Å². The number of carbonyl (C=O) groups is 2. The molecule has 0 atom stereocenters. The van der Waals surface area contributed by atoms with Gasteiger partial charge in [-0.2, -0.15) is 4.31 Å². The fourth-order valence-electron chi connectivity index (χ4n) is 3.27. The summed E-state index contributed by atoms with van der Waals surface area (Å²) in [4.78, 5) is 38.6. The third-order valence-electron chi connectivity index (χ3n) is 5.26. The molecule has 0 saturated carbocycles. The van der Waals surface area contributed by atoms with Gasteiger partial charge >= 0.3 is 5.97 Å². The molecule has 12 nitrogen and oxygen atoms in total. The predicted molar refractivity (Wildman–Crippen MR) is 117 cm³/mol. The van der Waals surface area contributed by atoms with E-state index in [0.29, 0.717) is 5.82 Å². The van der Waals surface area contributed by atoms with Crippen molar-refractivity contribution in [2.75, 3.05) is 25.0 Å². The highest BCUT2D eigenvalue weighted by molar-refractivity contribution is 7.89. The van der Waals surface area contributed by atoms with Gasteiger partial charge < -0.3 is 14.6 Å². The van der Waals surface area contributed by atoms with Crippen molar-refractivity contribution >= 4 is 44.9 Å². The van der Waals surface area contributed by atoms with Crippen LogP contribution in [0.5, 0.6) is 0 Å². The van der Waals surface area contributed by atoms with Crippen molar-refractivity contribution in [1.82, 2.24) is 13.9 Å². The molecule has 2 aromatic rings. The summed E-state index contributed by atoms with van der Waals surface area (Å²) in [5, 5.41) is 13.1. The highest BCUT2D eigenvalue weighted by Gasteiger charge is 2.34. The highest BCUT2D eigenvalue weighted by Crippen LogP contribution is 2.27. The molecule has 0 aliphatic carbocycles. The van der Waals surface area contributed by atoms with Crippen molar-refractivity contribution < 1.29 is 27.7 Å². The van der Waals surface area contributed by atoms with E-state index in [1.807, 2.05) is 0 Å². The number of amides is 1. The minimum absolute atomic E-state index is 0.0273. The number of piperidine rings is 1. The number of esters is 1. The summed E-state index contributed by atoms with van der Waals surface area (Å²) < 4.78 is 33.4. The minimum atomic E-state index is -3.76. The van der Waals surface area contributed by atoms with E-state index < -0.39 is 39.3 Å². The zero-order valence-electron chi connectivity index (χ0n) is 17.9. The summed E-state index contributed by atoms with van der Waals surface area (Å²) in [5.74, 6) is -1.24. The zero-order chi connectivity index (χ0) is 24.3. The van der Waals surface area contributed by atoms with Gasteiger partial charge in [0.25, 0.3) is 21.6 Å². The van der Waals surface area contributed by atoms with Crippen LogP contribution in [0.3, 0.4) is 0 Å². The predicted octanol–water partition coefficient (Wildman–Crippen LogP) is 1.87. The van der Waals surface area contributed by atoms with Gasteiger partial charge in [-0.1, -0.05) is 11.6 Å². The van der Waals surface area contributed by atoms with Crippen LogP contribution in [0.15, 0.2) is 29.4 Å². The topological polar surface area (TPSA) is 154 Å². The lowest BCUT2D eigenvalue weighted by Gasteiger charge is -2.29. The molecule has 1 aliphatic rings. The van der Waals surface area contributed by atoms with Gasteiger partial charge in [0, 0.05) is 38.5 Å². The lowest BCUT2D eigenvalue weighted by molar-refractivity contribution is -0.384. The Labute approximate surface area is 194 Å². The number of nitrogens with zero attached hydrogens (tertiary/aromatic N) is 4. The first-order chi connectivity index (χ1) is 15.5. The summed E-state index contributed by atoms with van der Waals surface area (Å²) in [6.45, 7) is 1.38. The van der Waals surface area contributed by atoms with E-state index in [9.17, 15) is 28.1 Å². The fraction of sp³-hybridized carbons (Fsp3) is 0.421. The Morgan fingerprint density at radius 1 is 1.33 bits per heavy atom. The number of sulfonamides is 1. The number of nitro benzene ring substituents is 1. The second-order valence-corrected chi connectivity index (χ2v) is 9.78. The number of hydrogen-bond acceptors (Lipinski definition) is 8. The minimum Gasteiger partial charge on any atom is -0.455 e. The molecule has 2 heterocycles. The Balaban J connectivity index is 1.49. The zero-order valence-corrected chi connectivity index (χ0v) is 19.4. The van der Waals surface area contributed by atoms with Crippen molar-refractivity contribution in [1.29, 1.82) is 0 Å². The van der Waals surface area contributed by atoms with Crippen LogP contribution in [0.1, 0.15) is 18.7 Å². The van der Waals surface area contributed by atoms with Gasteiger partial charge in [-0.05, 0) is 25.8 Å². The summed E-state index contributed by atoms with van der Waals surface area (Å²) in [6, 6.07) is 3.55. The molecule has 1 aromatic carbocycles. The van der Waals surface area contributed by atoms with Crippen LogP contribution in [-0.2, 0) is 31.4 Å². The van der Waals surface area contributed by atoms with E-state index >= 15 is 0 Å². The Morgan fingerprint density at radius 2 is 2.00 bits per heavy atom. The summed E-state index contributed by atoms with van der Waals surface area (Å²) in [7, 11) is -2.05. The average Bonchev–Trinajstić information content (AvgIpc) is 3.12. The number of nitro groups is 1. The number of halogens is 1. The maximum Gasteiger partial charge on any atom is 0.309 e. The second kappa shape index (κ2) is 9.85. The molecule has 14 heteroatoms. The molecule has 0 unspecified atom stereocenters. The molecule has 1 aromatic heterocycles. The second-order valence-electron chi connectivity index (χ2n) is 7.49. The van der Waals surface area contributed by atoms with Gasteiger partial charge in [-0.3, -0.25) is 19.7 Å². The first-order valence-electron chi connectivity index (χ1n) is 9.89. The van der Waals surface area contributed by atoms with E-state index in [2.05, 4.69) is 10.3 Å². The van der Waals surface area contributed by atoms with Crippen LogP contribution in [0.2, 0.25) is 5.02 Å². The number of nitrogens with one attached hydrogen (secondary N) is 1. The van der Waals surface area contributed by atoms with Gasteiger partial charge in [0.1, 0.15) is 5.82 Å². The monoisotopic (exact) mass is 499 g/mol. The van der Waals surface area contributed by atoms with E-state index in [1.165, 1.54) is 22.6 Å². The molecular weight excluding hydrogens is 478 g/mol. The number of carbonyl (C=O) groups excluding carboxylic acids is 2. The maximum absolute atomic E-state index is 12.7. The lowest BCUT2D eigenvalue weighted by Crippen LogP contribution is -2.41. The van der Waals surface area contributed by atoms with Crippen LogP contribution in [-0.4, -0.2) is 58.8 Å². The Bertz CT molecular complexity index is 1170. The van der Waals surface area contributed by atoms with E-state index in [1.54, 1.807) is 18.5 Å². The third-order valence-corrected chi connectivity index (χ3v) is 7.34. The normalized spacial score (nSPS) is 15.2. The Morgan fingerprint density at radius 3 is 2.55 bits per heavy atom. The van der Waals surface area contributed by atoms with Crippen LogP contribution in [0.25, 0.3) is 0 Å². The van der Waals surface area contributed by atoms with Gasteiger partial charge in [-0.25, -0.2) is 13.4 Å². The number of benzene rings is 1. The van der Waals surface area contributed by atoms with E-state index in [-0.39, 0.29) is 47.4 Å². The standard InChI is InChI=1S/C19H22ClN5O7S/c1-12-21-18(10-23(12)2)33(30,31)24-7-5-13(6-8-24)19(27)32-11-17(26)22-16-4-3-14(25(28)29)9-15(16)20/h3-4,9-10,13H,5-8,11H2,1-2H3,(H,22,26). The average molecular weight is 500 g/mol. The van der Waals surface area contributed by atoms with E-state index in [4.69, 9.17) is 16.3 Å². The number of aromatic nitrogens is 2.